The molecule has 0 fully saturated rings. The summed E-state index contributed by atoms with van der Waals surface area (Å²) in [6.45, 7) is 0. The summed E-state index contributed by atoms with van der Waals surface area (Å²) in [6, 6.07) is 34.4. The van der Waals surface area contributed by atoms with Crippen LogP contribution in [-0.2, 0) is 9.59 Å². The number of anilines is 2. The van der Waals surface area contributed by atoms with Crippen molar-refractivity contribution in [3.63, 3.8) is 0 Å². The lowest BCUT2D eigenvalue weighted by molar-refractivity contribution is -0.433. The molecule has 0 aliphatic heterocycles. The van der Waals surface area contributed by atoms with Gasteiger partial charge in [-0.3, -0.25) is 0 Å². The van der Waals surface area contributed by atoms with Crippen LogP contribution in [0.2, 0.25) is 0 Å². The number of nitrogens with zero attached hydrogens (tertiary/aromatic N) is 2. The van der Waals surface area contributed by atoms with Crippen LogP contribution in [0.15, 0.2) is 119 Å². The van der Waals surface area contributed by atoms with Crippen LogP contribution in [-0.4, -0.2) is 11.9 Å². The van der Waals surface area contributed by atoms with Gasteiger partial charge in [-0.05, 0) is 58.8 Å². The van der Waals surface area contributed by atoms with Gasteiger partial charge in [0.1, 0.15) is 11.4 Å². The van der Waals surface area contributed by atoms with E-state index in [1.165, 1.54) is 0 Å². The highest BCUT2D eigenvalue weighted by molar-refractivity contribution is 6.25. The SMILES string of the molecule is Nc1ccc([NH+]=Nc2ccccc2)cc1.Nc1ccc([NH+]=Nc2ccccc2)cc1.O=C([O-])C(=O)[O-]. The van der Waals surface area contributed by atoms with Gasteiger partial charge < -0.3 is 31.3 Å². The molecule has 0 aromatic heterocycles. The van der Waals surface area contributed by atoms with Gasteiger partial charge in [0.2, 0.25) is 11.4 Å². The molecule has 0 heterocycles. The molecule has 4 rings (SSSR count). The average molecular weight is 485 g/mol. The highest BCUT2D eigenvalue weighted by atomic mass is 16.4. The van der Waals surface area contributed by atoms with E-state index in [2.05, 4.69) is 20.5 Å². The normalized spacial score (nSPS) is 10.1. The first kappa shape index (κ1) is 26.9. The van der Waals surface area contributed by atoms with E-state index in [1.54, 1.807) is 0 Å². The molecule has 0 atom stereocenters. The lowest BCUT2D eigenvalue weighted by Crippen LogP contribution is -2.57. The zero-order valence-corrected chi connectivity index (χ0v) is 19.1. The van der Waals surface area contributed by atoms with Crippen LogP contribution in [0.1, 0.15) is 0 Å². The summed E-state index contributed by atoms with van der Waals surface area (Å²) in [4.78, 5) is 17.9. The third kappa shape index (κ3) is 11.0. The largest absolute Gasteiger partial charge is 0.543 e. The molecule has 182 valence electrons. The number of hydrogen-bond acceptors (Lipinski definition) is 8. The van der Waals surface area contributed by atoms with Crippen molar-refractivity contribution in [2.45, 2.75) is 0 Å². The number of nitrogens with two attached hydrogens (primary N) is 2. The van der Waals surface area contributed by atoms with Gasteiger partial charge in [0, 0.05) is 35.6 Å². The van der Waals surface area contributed by atoms with Crippen molar-refractivity contribution in [3.05, 3.63) is 109 Å². The van der Waals surface area contributed by atoms with Crippen LogP contribution in [0.5, 0.6) is 0 Å². The van der Waals surface area contributed by atoms with E-state index in [0.717, 1.165) is 34.1 Å². The van der Waals surface area contributed by atoms with Gasteiger partial charge in [-0.25, -0.2) is 0 Å². The average Bonchev–Trinajstić information content (AvgIpc) is 2.90. The minimum atomic E-state index is -2.19. The Labute approximate surface area is 207 Å². The molecule has 4 aromatic rings. The van der Waals surface area contributed by atoms with E-state index in [4.69, 9.17) is 31.3 Å². The number of carbonyl (C=O) groups is 2. The van der Waals surface area contributed by atoms with Gasteiger partial charge in [0.15, 0.2) is 0 Å². The van der Waals surface area contributed by atoms with Crippen molar-refractivity contribution in [3.8, 4) is 0 Å². The molecule has 0 saturated heterocycles. The number of carboxylic acid groups (broad SMARTS) is 2. The molecule has 6 N–H and O–H groups in total. The summed E-state index contributed by atoms with van der Waals surface area (Å²) in [5.74, 6) is -4.37. The number of nitrogens with one attached hydrogen (secondary N) is 2. The molecule has 10 nitrogen and oxygen atoms in total. The third-order valence-electron chi connectivity index (χ3n) is 4.13. The topological polar surface area (TPSA) is 185 Å². The Kier molecular flexibility index (Phi) is 11.0. The number of azo groups is 2. The molecule has 0 radical (unpaired) electrons. The fraction of sp³-hybridized carbons (Fsp3) is 0. The highest BCUT2D eigenvalue weighted by Crippen LogP contribution is 2.09. The Morgan fingerprint density at radius 1 is 0.528 bits per heavy atom. The number of aliphatic carboxylic acids is 2. The van der Waals surface area contributed by atoms with E-state index in [9.17, 15) is 0 Å². The summed E-state index contributed by atoms with van der Waals surface area (Å²) in [6.07, 6.45) is 0. The zero-order chi connectivity index (χ0) is 26.2. The first-order chi connectivity index (χ1) is 17.3. The standard InChI is InChI=1S/2C12H11N3.C2H2O4/c2*13-10-6-8-12(9-7-10)15-14-11-4-2-1-3-5-11;3-1(4)2(5)6/h2*1-9H,13H2;(H,3,4)(H,5,6). The molecule has 0 bridgehead atoms. The van der Waals surface area contributed by atoms with Crippen LogP contribution in [0.4, 0.5) is 34.1 Å². The fourth-order valence-corrected chi connectivity index (χ4v) is 2.38. The predicted octanol–water partition coefficient (Wildman–Crippen LogP) is 0.0158. The van der Waals surface area contributed by atoms with E-state index >= 15 is 0 Å². The molecule has 0 spiro atoms. The predicted molar refractivity (Wildman–Crippen MR) is 130 cm³/mol. The van der Waals surface area contributed by atoms with Crippen LogP contribution in [0.25, 0.3) is 0 Å². The Morgan fingerprint density at radius 2 is 0.833 bits per heavy atom. The lowest BCUT2D eigenvalue weighted by atomic mass is 10.3. The number of carboxylic acids is 2. The van der Waals surface area contributed by atoms with Crippen molar-refractivity contribution in [2.24, 2.45) is 10.2 Å². The van der Waals surface area contributed by atoms with Gasteiger partial charge in [-0.1, -0.05) is 46.6 Å². The summed E-state index contributed by atoms with van der Waals surface area (Å²) >= 11 is 0. The molecule has 0 saturated carbocycles. The van der Waals surface area contributed by atoms with E-state index in [-0.39, 0.29) is 0 Å². The van der Waals surface area contributed by atoms with Crippen molar-refractivity contribution >= 4 is 46.1 Å². The van der Waals surface area contributed by atoms with Gasteiger partial charge >= 0.3 is 0 Å². The molecule has 4 aromatic carbocycles. The number of hydrogen-bond donors (Lipinski definition) is 4. The molecule has 0 aliphatic carbocycles. The zero-order valence-electron chi connectivity index (χ0n) is 19.1. The number of nitrogen functional groups attached to an aromatic ring is 2. The van der Waals surface area contributed by atoms with E-state index in [1.807, 2.05) is 109 Å². The maximum Gasteiger partial charge on any atom is 0.229 e. The number of para-hydroxylation sites is 2. The highest BCUT2D eigenvalue weighted by Gasteiger charge is 1.96. The monoisotopic (exact) mass is 484 g/mol. The van der Waals surface area contributed by atoms with Crippen molar-refractivity contribution in [2.75, 3.05) is 11.5 Å². The Bertz CT molecular complexity index is 1170. The molecule has 10 heteroatoms. The first-order valence-electron chi connectivity index (χ1n) is 10.5. The van der Waals surface area contributed by atoms with Crippen molar-refractivity contribution < 1.29 is 30.0 Å². The smallest absolute Gasteiger partial charge is 0.229 e. The first-order valence-corrected chi connectivity index (χ1v) is 10.5. The second-order valence-electron chi connectivity index (χ2n) is 6.94. The molecule has 0 unspecified atom stereocenters. The summed E-state index contributed by atoms with van der Waals surface area (Å²) in [5.41, 5.74) is 16.3. The maximum atomic E-state index is 8.93. The molecule has 0 amide bonds. The Morgan fingerprint density at radius 3 is 1.11 bits per heavy atom. The molecular formula is C26H24N6O4. The van der Waals surface area contributed by atoms with Crippen LogP contribution < -0.4 is 31.9 Å². The van der Waals surface area contributed by atoms with Crippen LogP contribution in [0, 0.1) is 0 Å². The van der Waals surface area contributed by atoms with Gasteiger partial charge in [0.05, 0.1) is 11.9 Å². The van der Waals surface area contributed by atoms with Crippen LogP contribution >= 0.6 is 0 Å². The molecule has 36 heavy (non-hydrogen) atoms. The minimum Gasteiger partial charge on any atom is -0.543 e. The van der Waals surface area contributed by atoms with Crippen molar-refractivity contribution in [1.29, 1.82) is 0 Å². The van der Waals surface area contributed by atoms with Gasteiger partial charge in [-0.2, -0.15) is 0 Å². The quantitative estimate of drug-likeness (QED) is 0.180. The maximum absolute atomic E-state index is 8.93. The van der Waals surface area contributed by atoms with Crippen LogP contribution in [0.3, 0.4) is 0 Å². The number of benzene rings is 4. The molecule has 0 aliphatic rings. The Hall–Kier alpha value is -5.38. The van der Waals surface area contributed by atoms with E-state index in [0.29, 0.717) is 0 Å². The summed E-state index contributed by atoms with van der Waals surface area (Å²) < 4.78 is 0. The second-order valence-corrected chi connectivity index (χ2v) is 6.94. The van der Waals surface area contributed by atoms with Crippen molar-refractivity contribution in [1.82, 2.24) is 0 Å². The Balaban J connectivity index is 0.000000208. The fourth-order valence-electron chi connectivity index (χ4n) is 2.38. The summed E-state index contributed by atoms with van der Waals surface area (Å²) in [5, 5.41) is 32.2. The number of rotatable bonds is 4. The van der Waals surface area contributed by atoms with E-state index < -0.39 is 11.9 Å². The van der Waals surface area contributed by atoms with Gasteiger partial charge in [0.25, 0.3) is 0 Å². The number of carbonyl (C=O) groups excluding carboxylic acids is 2. The third-order valence-corrected chi connectivity index (χ3v) is 4.13. The minimum absolute atomic E-state index is 0.750. The van der Waals surface area contributed by atoms with Gasteiger partial charge in [-0.15, -0.1) is 0 Å². The molecular weight excluding hydrogens is 460 g/mol. The summed E-state index contributed by atoms with van der Waals surface area (Å²) in [7, 11) is 0. The second kappa shape index (κ2) is 14.7. The lowest BCUT2D eigenvalue weighted by Gasteiger charge is -1.97.